The van der Waals surface area contributed by atoms with E-state index in [2.05, 4.69) is 24.1 Å². The summed E-state index contributed by atoms with van der Waals surface area (Å²) in [5.74, 6) is 0.250. The lowest BCUT2D eigenvalue weighted by Gasteiger charge is -2.35. The highest BCUT2D eigenvalue weighted by Gasteiger charge is 2.23. The number of nitrogens with one attached hydrogen (secondary N) is 1. The van der Waals surface area contributed by atoms with Crippen molar-refractivity contribution in [3.63, 3.8) is 0 Å². The minimum absolute atomic E-state index is 0.0566. The zero-order valence-corrected chi connectivity index (χ0v) is 8.13. The molecule has 12 heavy (non-hydrogen) atoms. The molecule has 0 bridgehead atoms. The van der Waals surface area contributed by atoms with E-state index in [1.165, 1.54) is 0 Å². The molecule has 1 aliphatic heterocycles. The lowest BCUT2D eigenvalue weighted by Crippen LogP contribution is -2.55. The van der Waals surface area contributed by atoms with Crippen molar-refractivity contribution in [3.8, 4) is 0 Å². The molecule has 0 amide bonds. The van der Waals surface area contributed by atoms with Gasteiger partial charge in [-0.3, -0.25) is 9.69 Å². The van der Waals surface area contributed by atoms with Gasteiger partial charge in [-0.1, -0.05) is 0 Å². The first-order valence-electron chi connectivity index (χ1n) is 4.59. The third kappa shape index (κ3) is 2.29. The van der Waals surface area contributed by atoms with Crippen molar-refractivity contribution in [2.75, 3.05) is 19.6 Å². The maximum absolute atomic E-state index is 11.1. The number of hydrogen-bond acceptors (Lipinski definition) is 3. The summed E-state index contributed by atoms with van der Waals surface area (Å²) in [5.41, 5.74) is 0. The molecule has 0 aromatic carbocycles. The number of carbonyl (C=O) groups is 1. The highest BCUT2D eigenvalue weighted by Crippen LogP contribution is 2.04. The van der Waals surface area contributed by atoms with Crippen molar-refractivity contribution in [3.05, 3.63) is 0 Å². The van der Waals surface area contributed by atoms with Crippen LogP contribution >= 0.6 is 0 Å². The fourth-order valence-corrected chi connectivity index (χ4v) is 1.51. The highest BCUT2D eigenvalue weighted by atomic mass is 16.1. The van der Waals surface area contributed by atoms with Crippen molar-refractivity contribution in [2.24, 2.45) is 0 Å². The Morgan fingerprint density at radius 1 is 1.58 bits per heavy atom. The topological polar surface area (TPSA) is 32.3 Å². The van der Waals surface area contributed by atoms with Crippen LogP contribution in [0.25, 0.3) is 0 Å². The van der Waals surface area contributed by atoms with Gasteiger partial charge in [-0.15, -0.1) is 0 Å². The molecule has 1 rings (SSSR count). The van der Waals surface area contributed by atoms with Crippen molar-refractivity contribution in [1.82, 2.24) is 10.2 Å². The van der Waals surface area contributed by atoms with Gasteiger partial charge in [0.1, 0.15) is 5.78 Å². The number of piperazine rings is 1. The first-order valence-corrected chi connectivity index (χ1v) is 4.59. The Morgan fingerprint density at radius 2 is 2.25 bits per heavy atom. The number of carbonyl (C=O) groups excluding carboxylic acids is 1. The monoisotopic (exact) mass is 170 g/mol. The first kappa shape index (κ1) is 9.68. The van der Waals surface area contributed by atoms with Crippen molar-refractivity contribution in [2.45, 2.75) is 32.9 Å². The maximum atomic E-state index is 11.1. The Kier molecular flexibility index (Phi) is 3.23. The molecule has 1 fully saturated rings. The first-order chi connectivity index (χ1) is 5.61. The highest BCUT2D eigenvalue weighted by molar-refractivity contribution is 5.81. The summed E-state index contributed by atoms with van der Waals surface area (Å²) < 4.78 is 0. The fourth-order valence-electron chi connectivity index (χ4n) is 1.51. The lowest BCUT2D eigenvalue weighted by atomic mass is 10.1. The third-order valence-electron chi connectivity index (χ3n) is 2.43. The second-order valence-electron chi connectivity index (χ2n) is 3.71. The zero-order valence-electron chi connectivity index (χ0n) is 8.13. The van der Waals surface area contributed by atoms with Crippen LogP contribution in [0.3, 0.4) is 0 Å². The molecular weight excluding hydrogens is 152 g/mol. The van der Waals surface area contributed by atoms with Crippen LogP contribution in [-0.4, -0.2) is 42.4 Å². The van der Waals surface area contributed by atoms with Crippen molar-refractivity contribution >= 4 is 5.78 Å². The van der Waals surface area contributed by atoms with Gasteiger partial charge in [0.15, 0.2) is 0 Å². The van der Waals surface area contributed by atoms with Gasteiger partial charge in [0.2, 0.25) is 0 Å². The van der Waals surface area contributed by atoms with Gasteiger partial charge in [-0.25, -0.2) is 0 Å². The Morgan fingerprint density at radius 3 is 2.75 bits per heavy atom. The van der Waals surface area contributed by atoms with Gasteiger partial charge >= 0.3 is 0 Å². The van der Waals surface area contributed by atoms with Crippen molar-refractivity contribution < 1.29 is 4.79 Å². The zero-order chi connectivity index (χ0) is 9.14. The van der Waals surface area contributed by atoms with Crippen LogP contribution < -0.4 is 5.32 Å². The van der Waals surface area contributed by atoms with Gasteiger partial charge in [0, 0.05) is 25.7 Å². The molecule has 1 aliphatic rings. The van der Waals surface area contributed by atoms with E-state index in [-0.39, 0.29) is 11.8 Å². The largest absolute Gasteiger partial charge is 0.305 e. The van der Waals surface area contributed by atoms with Gasteiger partial charge in [-0.05, 0) is 20.8 Å². The van der Waals surface area contributed by atoms with Crippen LogP contribution in [0.5, 0.6) is 0 Å². The van der Waals surface area contributed by atoms with E-state index in [1.807, 2.05) is 0 Å². The summed E-state index contributed by atoms with van der Waals surface area (Å²) in [5, 5.41) is 3.21. The quantitative estimate of drug-likeness (QED) is 0.645. The van der Waals surface area contributed by atoms with Crippen LogP contribution in [0.2, 0.25) is 0 Å². The van der Waals surface area contributed by atoms with E-state index in [0.29, 0.717) is 6.04 Å². The molecular formula is C9H18N2O. The minimum Gasteiger partial charge on any atom is -0.305 e. The van der Waals surface area contributed by atoms with Crippen LogP contribution in [0.15, 0.2) is 0 Å². The summed E-state index contributed by atoms with van der Waals surface area (Å²) in [6.45, 7) is 8.85. The maximum Gasteiger partial charge on any atom is 0.147 e. The SMILES string of the molecule is CC(=O)[C@@H]1CN(C(C)C)CCN1. The molecule has 3 nitrogen and oxygen atoms in total. The van der Waals surface area contributed by atoms with Gasteiger partial charge in [0.25, 0.3) is 0 Å². The van der Waals surface area contributed by atoms with E-state index in [9.17, 15) is 4.79 Å². The van der Waals surface area contributed by atoms with Gasteiger partial charge in [0.05, 0.1) is 6.04 Å². The molecule has 0 saturated carbocycles. The second kappa shape index (κ2) is 4.01. The molecule has 3 heteroatoms. The number of Topliss-reactive ketones (excluding diaryl/α,β-unsaturated/α-hetero) is 1. The van der Waals surface area contributed by atoms with Crippen LogP contribution in [-0.2, 0) is 4.79 Å². The molecule has 0 spiro atoms. The van der Waals surface area contributed by atoms with E-state index >= 15 is 0 Å². The predicted octanol–water partition coefficient (Wildman–Crippen LogP) is 0.258. The van der Waals surface area contributed by atoms with Gasteiger partial charge < -0.3 is 5.32 Å². The van der Waals surface area contributed by atoms with E-state index in [4.69, 9.17) is 0 Å². The number of nitrogens with zero attached hydrogens (tertiary/aromatic N) is 1. The molecule has 70 valence electrons. The summed E-state index contributed by atoms with van der Waals surface area (Å²) in [6, 6.07) is 0.607. The summed E-state index contributed by atoms with van der Waals surface area (Å²) in [7, 11) is 0. The fraction of sp³-hybridized carbons (Fsp3) is 0.889. The van der Waals surface area contributed by atoms with E-state index in [0.717, 1.165) is 19.6 Å². The molecule has 0 aromatic rings. The molecule has 0 radical (unpaired) electrons. The molecule has 0 unspecified atom stereocenters. The molecule has 0 aliphatic carbocycles. The molecule has 1 N–H and O–H groups in total. The normalized spacial score (nSPS) is 26.2. The average Bonchev–Trinajstić information content (AvgIpc) is 2.04. The summed E-state index contributed by atoms with van der Waals surface area (Å²) in [6.07, 6.45) is 0. The van der Waals surface area contributed by atoms with Crippen LogP contribution in [0.4, 0.5) is 0 Å². The van der Waals surface area contributed by atoms with Gasteiger partial charge in [-0.2, -0.15) is 0 Å². The average molecular weight is 170 g/mol. The second-order valence-corrected chi connectivity index (χ2v) is 3.71. The number of ketones is 1. The number of rotatable bonds is 2. The molecule has 0 aromatic heterocycles. The Hall–Kier alpha value is -0.410. The van der Waals surface area contributed by atoms with E-state index in [1.54, 1.807) is 6.92 Å². The third-order valence-corrected chi connectivity index (χ3v) is 2.43. The summed E-state index contributed by atoms with van der Waals surface area (Å²) in [4.78, 5) is 13.4. The van der Waals surface area contributed by atoms with Crippen LogP contribution in [0, 0.1) is 0 Å². The standard InChI is InChI=1S/C9H18N2O/c1-7(2)11-5-4-10-9(6-11)8(3)12/h7,9-10H,4-6H2,1-3H3/t9-/m0/s1. The Bertz CT molecular complexity index is 168. The molecule has 1 saturated heterocycles. The summed E-state index contributed by atoms with van der Waals surface area (Å²) >= 11 is 0. The Labute approximate surface area is 74.1 Å². The molecule has 1 atom stereocenters. The van der Waals surface area contributed by atoms with Crippen molar-refractivity contribution in [1.29, 1.82) is 0 Å². The predicted molar refractivity (Wildman–Crippen MR) is 49.2 cm³/mol. The Balaban J connectivity index is 2.46. The minimum atomic E-state index is 0.0566. The number of hydrogen-bond donors (Lipinski definition) is 1. The molecule has 1 heterocycles. The van der Waals surface area contributed by atoms with Crippen LogP contribution in [0.1, 0.15) is 20.8 Å². The smallest absolute Gasteiger partial charge is 0.147 e. The van der Waals surface area contributed by atoms with E-state index < -0.39 is 0 Å². The lowest BCUT2D eigenvalue weighted by molar-refractivity contribution is -0.120.